The van der Waals surface area contributed by atoms with Gasteiger partial charge in [0.2, 0.25) is 11.8 Å². The molecule has 0 atom stereocenters. The van der Waals surface area contributed by atoms with E-state index in [-0.39, 0.29) is 17.7 Å². The first kappa shape index (κ1) is 17.3. The molecule has 1 aromatic carbocycles. The molecule has 1 aromatic rings. The van der Waals surface area contributed by atoms with Crippen molar-refractivity contribution in [2.45, 2.75) is 19.3 Å². The van der Waals surface area contributed by atoms with E-state index in [1.165, 1.54) is 0 Å². The molecule has 6 heteroatoms. The van der Waals surface area contributed by atoms with Gasteiger partial charge in [0.15, 0.2) is 0 Å². The number of anilines is 1. The minimum atomic E-state index is -0.0618. The molecule has 0 aliphatic carbocycles. The number of para-hydroxylation sites is 2. The van der Waals surface area contributed by atoms with Crippen molar-refractivity contribution in [3.8, 4) is 5.75 Å². The number of methoxy groups -OCH3 is 1. The van der Waals surface area contributed by atoms with Gasteiger partial charge < -0.3 is 20.3 Å². The number of piperidine rings is 1. The van der Waals surface area contributed by atoms with E-state index in [4.69, 9.17) is 4.74 Å². The van der Waals surface area contributed by atoms with Gasteiger partial charge in [-0.1, -0.05) is 12.1 Å². The number of rotatable bonds is 6. The maximum atomic E-state index is 12.4. The number of carbonyl (C=O) groups excluding carboxylic acids is 2. The summed E-state index contributed by atoms with van der Waals surface area (Å²) in [5, 5.41) is 5.91. The standard InChI is InChI=1S/C17H25N3O3/c1-18-10-7-16(21)20-11-8-13(9-12-20)17(22)19-14-5-3-4-6-15(14)23-2/h3-6,13,18H,7-12H2,1-2H3,(H,19,22). The highest BCUT2D eigenvalue weighted by Crippen LogP contribution is 2.25. The molecule has 0 saturated carbocycles. The maximum Gasteiger partial charge on any atom is 0.227 e. The highest BCUT2D eigenvalue weighted by Gasteiger charge is 2.27. The number of nitrogens with one attached hydrogen (secondary N) is 2. The summed E-state index contributed by atoms with van der Waals surface area (Å²) in [6, 6.07) is 7.37. The SMILES string of the molecule is CNCCC(=O)N1CCC(C(=O)Nc2ccccc2OC)CC1. The van der Waals surface area contributed by atoms with Crippen LogP contribution in [0.15, 0.2) is 24.3 Å². The van der Waals surface area contributed by atoms with Crippen LogP contribution in [0.2, 0.25) is 0 Å². The first-order valence-electron chi connectivity index (χ1n) is 8.02. The normalized spacial score (nSPS) is 15.3. The van der Waals surface area contributed by atoms with Gasteiger partial charge in [-0.25, -0.2) is 0 Å². The number of amides is 2. The molecule has 1 aliphatic heterocycles. The molecule has 0 unspecified atom stereocenters. The van der Waals surface area contributed by atoms with Gasteiger partial charge in [-0.15, -0.1) is 0 Å². The number of likely N-dealkylation sites (tertiary alicyclic amines) is 1. The highest BCUT2D eigenvalue weighted by atomic mass is 16.5. The molecule has 6 nitrogen and oxygen atoms in total. The monoisotopic (exact) mass is 319 g/mol. The third kappa shape index (κ3) is 4.69. The molecule has 1 saturated heterocycles. The summed E-state index contributed by atoms with van der Waals surface area (Å²) < 4.78 is 5.25. The quantitative estimate of drug-likeness (QED) is 0.833. The second-order valence-electron chi connectivity index (χ2n) is 5.70. The molecule has 126 valence electrons. The fraction of sp³-hybridized carbons (Fsp3) is 0.529. The van der Waals surface area contributed by atoms with Crippen molar-refractivity contribution >= 4 is 17.5 Å². The predicted octanol–water partition coefficient (Wildman–Crippen LogP) is 1.48. The van der Waals surface area contributed by atoms with Crippen LogP contribution in [0.1, 0.15) is 19.3 Å². The molecule has 1 fully saturated rings. The van der Waals surface area contributed by atoms with Gasteiger partial charge in [-0.3, -0.25) is 9.59 Å². The van der Waals surface area contributed by atoms with Crippen molar-refractivity contribution in [2.24, 2.45) is 5.92 Å². The molecule has 1 heterocycles. The largest absolute Gasteiger partial charge is 0.495 e. The first-order valence-corrected chi connectivity index (χ1v) is 8.02. The Kier molecular flexibility index (Phi) is 6.40. The van der Waals surface area contributed by atoms with Crippen molar-refractivity contribution in [2.75, 3.05) is 39.1 Å². The van der Waals surface area contributed by atoms with Crippen LogP contribution >= 0.6 is 0 Å². The molecular formula is C17H25N3O3. The smallest absolute Gasteiger partial charge is 0.227 e. The van der Waals surface area contributed by atoms with Crippen molar-refractivity contribution in [1.82, 2.24) is 10.2 Å². The lowest BCUT2D eigenvalue weighted by molar-refractivity contribution is -0.134. The lowest BCUT2D eigenvalue weighted by Gasteiger charge is -2.31. The second-order valence-corrected chi connectivity index (χ2v) is 5.70. The van der Waals surface area contributed by atoms with Crippen LogP contribution in [0.4, 0.5) is 5.69 Å². The molecule has 0 spiro atoms. The van der Waals surface area contributed by atoms with Gasteiger partial charge in [0.25, 0.3) is 0 Å². The lowest BCUT2D eigenvalue weighted by Crippen LogP contribution is -2.42. The zero-order chi connectivity index (χ0) is 16.7. The van der Waals surface area contributed by atoms with E-state index in [0.29, 0.717) is 50.3 Å². The molecule has 2 amide bonds. The van der Waals surface area contributed by atoms with E-state index < -0.39 is 0 Å². The lowest BCUT2D eigenvalue weighted by atomic mass is 9.95. The minimum Gasteiger partial charge on any atom is -0.495 e. The Bertz CT molecular complexity index is 540. The molecule has 2 rings (SSSR count). The van der Waals surface area contributed by atoms with E-state index in [1.807, 2.05) is 36.2 Å². The Hall–Kier alpha value is -2.08. The van der Waals surface area contributed by atoms with E-state index in [2.05, 4.69) is 10.6 Å². The average molecular weight is 319 g/mol. The van der Waals surface area contributed by atoms with Crippen LogP contribution in [-0.4, -0.2) is 50.5 Å². The Labute approximate surface area is 137 Å². The predicted molar refractivity (Wildman–Crippen MR) is 89.5 cm³/mol. The molecular weight excluding hydrogens is 294 g/mol. The number of benzene rings is 1. The van der Waals surface area contributed by atoms with Crippen LogP contribution in [0, 0.1) is 5.92 Å². The number of hydrogen-bond acceptors (Lipinski definition) is 4. The Morgan fingerprint density at radius 2 is 1.96 bits per heavy atom. The van der Waals surface area contributed by atoms with Gasteiger partial charge in [0.05, 0.1) is 12.8 Å². The zero-order valence-electron chi connectivity index (χ0n) is 13.8. The first-order chi connectivity index (χ1) is 11.2. The van der Waals surface area contributed by atoms with E-state index in [1.54, 1.807) is 7.11 Å². The molecule has 23 heavy (non-hydrogen) atoms. The summed E-state index contributed by atoms with van der Waals surface area (Å²) in [7, 11) is 3.42. The molecule has 0 bridgehead atoms. The Balaban J connectivity index is 1.85. The Morgan fingerprint density at radius 3 is 2.61 bits per heavy atom. The van der Waals surface area contributed by atoms with Crippen molar-refractivity contribution < 1.29 is 14.3 Å². The van der Waals surface area contributed by atoms with Crippen LogP contribution in [0.3, 0.4) is 0 Å². The third-order valence-electron chi connectivity index (χ3n) is 4.17. The number of nitrogens with zero attached hydrogens (tertiary/aromatic N) is 1. The van der Waals surface area contributed by atoms with Crippen LogP contribution in [0.25, 0.3) is 0 Å². The van der Waals surface area contributed by atoms with Gasteiger partial charge in [0, 0.05) is 32.0 Å². The third-order valence-corrected chi connectivity index (χ3v) is 4.17. The highest BCUT2D eigenvalue weighted by molar-refractivity contribution is 5.94. The molecule has 1 aliphatic rings. The molecule has 0 radical (unpaired) electrons. The summed E-state index contributed by atoms with van der Waals surface area (Å²) in [4.78, 5) is 26.2. The number of ether oxygens (including phenoxy) is 1. The van der Waals surface area contributed by atoms with Crippen LogP contribution in [0.5, 0.6) is 5.75 Å². The van der Waals surface area contributed by atoms with Crippen molar-refractivity contribution in [1.29, 1.82) is 0 Å². The van der Waals surface area contributed by atoms with Gasteiger partial charge >= 0.3 is 0 Å². The maximum absolute atomic E-state index is 12.4. The molecule has 2 N–H and O–H groups in total. The Morgan fingerprint density at radius 1 is 1.26 bits per heavy atom. The summed E-state index contributed by atoms with van der Waals surface area (Å²) in [6.45, 7) is 1.98. The number of carbonyl (C=O) groups is 2. The summed E-state index contributed by atoms with van der Waals surface area (Å²) in [5.74, 6) is 0.744. The topological polar surface area (TPSA) is 70.7 Å². The van der Waals surface area contributed by atoms with E-state index >= 15 is 0 Å². The minimum absolute atomic E-state index is 0.00294. The number of hydrogen-bond donors (Lipinski definition) is 2. The van der Waals surface area contributed by atoms with E-state index in [0.717, 1.165) is 0 Å². The fourth-order valence-electron chi connectivity index (χ4n) is 2.76. The molecule has 0 aromatic heterocycles. The summed E-state index contributed by atoms with van der Waals surface area (Å²) in [6.07, 6.45) is 1.91. The second kappa shape index (κ2) is 8.53. The summed E-state index contributed by atoms with van der Waals surface area (Å²) >= 11 is 0. The van der Waals surface area contributed by atoms with Crippen LogP contribution in [-0.2, 0) is 9.59 Å². The van der Waals surface area contributed by atoms with Gasteiger partial charge in [-0.05, 0) is 32.0 Å². The fourth-order valence-corrected chi connectivity index (χ4v) is 2.76. The van der Waals surface area contributed by atoms with Crippen molar-refractivity contribution in [3.05, 3.63) is 24.3 Å². The van der Waals surface area contributed by atoms with Crippen molar-refractivity contribution in [3.63, 3.8) is 0 Å². The zero-order valence-corrected chi connectivity index (χ0v) is 13.8. The average Bonchev–Trinajstić information content (AvgIpc) is 2.60. The van der Waals surface area contributed by atoms with Crippen LogP contribution < -0.4 is 15.4 Å². The van der Waals surface area contributed by atoms with E-state index in [9.17, 15) is 9.59 Å². The summed E-state index contributed by atoms with van der Waals surface area (Å²) in [5.41, 5.74) is 0.688. The van der Waals surface area contributed by atoms with Gasteiger partial charge in [0.1, 0.15) is 5.75 Å². The van der Waals surface area contributed by atoms with Gasteiger partial charge in [-0.2, -0.15) is 0 Å².